The summed E-state index contributed by atoms with van der Waals surface area (Å²) in [7, 11) is 0. The Morgan fingerprint density at radius 1 is 1.09 bits per heavy atom. The Kier molecular flexibility index (Phi) is 9.69. The first-order chi connectivity index (χ1) is 11.1. The summed E-state index contributed by atoms with van der Waals surface area (Å²) in [5, 5.41) is 0. The van der Waals surface area contributed by atoms with Crippen LogP contribution in [0, 0.1) is 0 Å². The number of hydrogen-bond donors (Lipinski definition) is 0. The molecule has 0 atom stereocenters. The number of allylic oxidation sites excluding steroid dienone is 6. The molecule has 0 aliphatic rings. The van der Waals surface area contributed by atoms with Gasteiger partial charge >= 0.3 is 5.63 Å². The Labute approximate surface area is 138 Å². The standard InChI is InChI=1S/C18H18O3.C2H6/c1-5-9-13(6-2)10-11-16(19)15-12-14(7-3)17(8-4)21-18(15)20;1-2/h5-12H,3-4H2,1-2H3;1-2H3/b9-5-,11-10+,13-6+;. The maximum atomic E-state index is 12.1. The van der Waals surface area contributed by atoms with E-state index in [9.17, 15) is 9.59 Å². The van der Waals surface area contributed by atoms with Crippen molar-refractivity contribution in [1.29, 1.82) is 0 Å². The van der Waals surface area contributed by atoms with E-state index in [0.29, 0.717) is 11.3 Å². The lowest BCUT2D eigenvalue weighted by Crippen LogP contribution is -2.13. The van der Waals surface area contributed by atoms with Crippen LogP contribution in [0.1, 0.15) is 49.4 Å². The monoisotopic (exact) mass is 312 g/mol. The van der Waals surface area contributed by atoms with Gasteiger partial charge in [0.15, 0.2) is 5.78 Å². The molecule has 0 aromatic carbocycles. The van der Waals surface area contributed by atoms with E-state index < -0.39 is 11.4 Å². The fourth-order valence-electron chi connectivity index (χ4n) is 1.69. The van der Waals surface area contributed by atoms with E-state index in [1.165, 1.54) is 24.3 Å². The van der Waals surface area contributed by atoms with Crippen molar-refractivity contribution in [3.05, 3.63) is 82.5 Å². The van der Waals surface area contributed by atoms with Gasteiger partial charge in [0, 0.05) is 5.56 Å². The van der Waals surface area contributed by atoms with Gasteiger partial charge in [-0.25, -0.2) is 4.79 Å². The first-order valence-corrected chi connectivity index (χ1v) is 7.51. The van der Waals surface area contributed by atoms with Crippen LogP contribution in [-0.4, -0.2) is 5.78 Å². The fourth-order valence-corrected chi connectivity index (χ4v) is 1.69. The SMILES string of the molecule is C=Cc1cc(C(=O)/C=C/C(/C=C\C)=C/C)c(=O)oc1C=C.CC. The maximum Gasteiger partial charge on any atom is 0.347 e. The highest BCUT2D eigenvalue weighted by molar-refractivity contribution is 6.04. The van der Waals surface area contributed by atoms with Crippen molar-refractivity contribution in [3.63, 3.8) is 0 Å². The van der Waals surface area contributed by atoms with Crippen molar-refractivity contribution >= 4 is 17.9 Å². The fraction of sp³-hybridized carbons (Fsp3) is 0.200. The van der Waals surface area contributed by atoms with Crippen molar-refractivity contribution in [2.24, 2.45) is 0 Å². The van der Waals surface area contributed by atoms with E-state index in [-0.39, 0.29) is 5.56 Å². The molecule has 1 rings (SSSR count). The van der Waals surface area contributed by atoms with E-state index in [0.717, 1.165) is 5.57 Å². The van der Waals surface area contributed by atoms with E-state index in [2.05, 4.69) is 13.2 Å². The summed E-state index contributed by atoms with van der Waals surface area (Å²) in [4.78, 5) is 23.9. The molecule has 0 fully saturated rings. The average Bonchev–Trinajstić information content (AvgIpc) is 2.59. The summed E-state index contributed by atoms with van der Waals surface area (Å²) in [6.45, 7) is 14.9. The summed E-state index contributed by atoms with van der Waals surface area (Å²) >= 11 is 0. The van der Waals surface area contributed by atoms with Gasteiger partial charge < -0.3 is 4.42 Å². The molecule has 3 heteroatoms. The van der Waals surface area contributed by atoms with Gasteiger partial charge in [-0.1, -0.05) is 57.4 Å². The van der Waals surface area contributed by atoms with Gasteiger partial charge in [-0.15, -0.1) is 0 Å². The van der Waals surface area contributed by atoms with Crippen LogP contribution >= 0.6 is 0 Å². The van der Waals surface area contributed by atoms with Crippen molar-refractivity contribution in [2.75, 3.05) is 0 Å². The molecule has 3 nitrogen and oxygen atoms in total. The molecule has 0 unspecified atom stereocenters. The van der Waals surface area contributed by atoms with Gasteiger partial charge in [0.05, 0.1) is 0 Å². The van der Waals surface area contributed by atoms with Gasteiger partial charge in [-0.3, -0.25) is 4.79 Å². The zero-order chi connectivity index (χ0) is 17.8. The molecule has 0 radical (unpaired) electrons. The average molecular weight is 312 g/mol. The maximum absolute atomic E-state index is 12.1. The Morgan fingerprint density at radius 3 is 2.22 bits per heavy atom. The van der Waals surface area contributed by atoms with Gasteiger partial charge in [0.2, 0.25) is 0 Å². The normalized spacial score (nSPS) is 11.2. The second-order valence-corrected chi connectivity index (χ2v) is 4.16. The molecule has 0 saturated heterocycles. The lowest BCUT2D eigenvalue weighted by molar-refractivity contribution is 0.104. The van der Waals surface area contributed by atoms with Gasteiger partial charge in [-0.2, -0.15) is 0 Å². The van der Waals surface area contributed by atoms with E-state index in [4.69, 9.17) is 4.42 Å². The Hall–Kier alpha value is -2.68. The molecule has 23 heavy (non-hydrogen) atoms. The lowest BCUT2D eigenvalue weighted by Gasteiger charge is -2.01. The van der Waals surface area contributed by atoms with Crippen LogP contribution < -0.4 is 5.63 Å². The molecular formula is C20H24O3. The number of carbonyl (C=O) groups excluding carboxylic acids is 1. The van der Waals surface area contributed by atoms with Crippen LogP contribution in [0.3, 0.4) is 0 Å². The predicted molar refractivity (Wildman–Crippen MR) is 98.5 cm³/mol. The minimum Gasteiger partial charge on any atom is -0.422 e. The van der Waals surface area contributed by atoms with E-state index >= 15 is 0 Å². The summed E-state index contributed by atoms with van der Waals surface area (Å²) < 4.78 is 5.05. The number of carbonyl (C=O) groups is 1. The van der Waals surface area contributed by atoms with Crippen molar-refractivity contribution in [2.45, 2.75) is 27.7 Å². The second-order valence-electron chi connectivity index (χ2n) is 4.16. The van der Waals surface area contributed by atoms with E-state index in [1.54, 1.807) is 6.08 Å². The lowest BCUT2D eigenvalue weighted by atomic mass is 10.1. The number of ketones is 1. The highest BCUT2D eigenvalue weighted by Crippen LogP contribution is 2.12. The van der Waals surface area contributed by atoms with Crippen LogP contribution in [0.25, 0.3) is 12.2 Å². The van der Waals surface area contributed by atoms with Crippen LogP contribution in [0.4, 0.5) is 0 Å². The van der Waals surface area contributed by atoms with Gasteiger partial charge in [0.25, 0.3) is 0 Å². The molecule has 1 aromatic heterocycles. The third kappa shape index (κ3) is 5.91. The third-order valence-electron chi connectivity index (χ3n) is 2.80. The molecule has 0 N–H and O–H groups in total. The Balaban J connectivity index is 0.00000232. The zero-order valence-corrected chi connectivity index (χ0v) is 14.3. The predicted octanol–water partition coefficient (Wildman–Crippen LogP) is 5.21. The molecule has 0 aliphatic heterocycles. The summed E-state index contributed by atoms with van der Waals surface area (Å²) in [6, 6.07) is 1.47. The van der Waals surface area contributed by atoms with Crippen LogP contribution in [0.2, 0.25) is 0 Å². The molecule has 0 saturated carbocycles. The molecule has 1 heterocycles. The minimum absolute atomic E-state index is 0.0253. The molecule has 0 bridgehead atoms. The molecular weight excluding hydrogens is 288 g/mol. The van der Waals surface area contributed by atoms with Crippen molar-refractivity contribution in [1.82, 2.24) is 0 Å². The summed E-state index contributed by atoms with van der Waals surface area (Å²) in [6.07, 6.45) is 11.5. The molecule has 1 aromatic rings. The quantitative estimate of drug-likeness (QED) is 0.411. The van der Waals surface area contributed by atoms with Crippen molar-refractivity contribution < 1.29 is 9.21 Å². The van der Waals surface area contributed by atoms with Crippen LogP contribution in [0.5, 0.6) is 0 Å². The molecule has 0 amide bonds. The summed E-state index contributed by atoms with van der Waals surface area (Å²) in [5.74, 6) is -0.107. The van der Waals surface area contributed by atoms with Crippen molar-refractivity contribution in [3.8, 4) is 0 Å². The smallest absolute Gasteiger partial charge is 0.347 e. The highest BCUT2D eigenvalue weighted by Gasteiger charge is 2.12. The molecule has 0 spiro atoms. The summed E-state index contributed by atoms with van der Waals surface area (Å²) in [5.41, 5.74) is 0.726. The van der Waals surface area contributed by atoms with Gasteiger partial charge in [-0.05, 0) is 37.6 Å². The van der Waals surface area contributed by atoms with Crippen LogP contribution in [-0.2, 0) is 0 Å². The highest BCUT2D eigenvalue weighted by atomic mass is 16.4. The minimum atomic E-state index is -0.682. The molecule has 0 aliphatic carbocycles. The van der Waals surface area contributed by atoms with Crippen LogP contribution in [0.15, 0.2) is 64.4 Å². The third-order valence-corrected chi connectivity index (χ3v) is 2.80. The zero-order valence-electron chi connectivity index (χ0n) is 14.3. The Bertz CT molecular complexity index is 698. The van der Waals surface area contributed by atoms with E-state index in [1.807, 2.05) is 45.9 Å². The largest absolute Gasteiger partial charge is 0.422 e. The Morgan fingerprint density at radius 2 is 1.74 bits per heavy atom. The first kappa shape index (κ1) is 20.3. The van der Waals surface area contributed by atoms with Gasteiger partial charge in [0.1, 0.15) is 11.3 Å². The number of rotatable bonds is 6. The number of hydrogen-bond acceptors (Lipinski definition) is 3. The first-order valence-electron chi connectivity index (χ1n) is 7.51. The second kappa shape index (κ2) is 11.0. The molecule has 122 valence electrons. The topological polar surface area (TPSA) is 47.3 Å².